The van der Waals surface area contributed by atoms with Crippen LogP contribution in [-0.4, -0.2) is 37.9 Å². The zero-order valence-corrected chi connectivity index (χ0v) is 18.2. The summed E-state index contributed by atoms with van der Waals surface area (Å²) in [5, 5.41) is 6.31. The first-order chi connectivity index (χ1) is 14.9. The van der Waals surface area contributed by atoms with Crippen molar-refractivity contribution in [3.63, 3.8) is 0 Å². The van der Waals surface area contributed by atoms with E-state index in [9.17, 15) is 13.2 Å². The summed E-state index contributed by atoms with van der Waals surface area (Å²) in [6.07, 6.45) is 2.60. The van der Waals surface area contributed by atoms with Crippen LogP contribution in [0.15, 0.2) is 76.7 Å². The van der Waals surface area contributed by atoms with Crippen molar-refractivity contribution < 1.29 is 13.2 Å². The fourth-order valence-electron chi connectivity index (χ4n) is 3.84. The fourth-order valence-corrected chi connectivity index (χ4v) is 5.31. The Kier molecular flexibility index (Phi) is 6.15. The summed E-state index contributed by atoms with van der Waals surface area (Å²) < 4.78 is 27.1. The molecule has 1 fully saturated rings. The van der Waals surface area contributed by atoms with E-state index < -0.39 is 10.0 Å². The van der Waals surface area contributed by atoms with Crippen molar-refractivity contribution in [3.8, 4) is 0 Å². The van der Waals surface area contributed by atoms with Crippen molar-refractivity contribution in [2.24, 2.45) is 11.0 Å². The zero-order chi connectivity index (χ0) is 21.8. The molecule has 31 heavy (non-hydrogen) atoms. The quantitative estimate of drug-likeness (QED) is 0.490. The predicted octanol–water partition coefficient (Wildman–Crippen LogP) is 3.70. The molecular formula is C24H25N3O3S. The fraction of sp³-hybridized carbons (Fsp3) is 0.250. The number of hydrazone groups is 1. The van der Waals surface area contributed by atoms with E-state index in [1.54, 1.807) is 30.5 Å². The summed E-state index contributed by atoms with van der Waals surface area (Å²) in [5.41, 5.74) is 4.56. The second kappa shape index (κ2) is 8.99. The zero-order valence-electron chi connectivity index (χ0n) is 17.4. The van der Waals surface area contributed by atoms with Crippen LogP contribution in [0.25, 0.3) is 10.8 Å². The number of hydrogen-bond acceptors (Lipinski definition) is 4. The highest BCUT2D eigenvalue weighted by atomic mass is 32.2. The van der Waals surface area contributed by atoms with Crippen LogP contribution >= 0.6 is 0 Å². The predicted molar refractivity (Wildman–Crippen MR) is 122 cm³/mol. The summed E-state index contributed by atoms with van der Waals surface area (Å²) in [5.74, 6) is -0.432. The number of nitrogens with zero attached hydrogens (tertiary/aromatic N) is 2. The Morgan fingerprint density at radius 2 is 1.68 bits per heavy atom. The van der Waals surface area contributed by atoms with Crippen LogP contribution in [0.5, 0.6) is 0 Å². The molecule has 3 aromatic carbocycles. The second-order valence-electron chi connectivity index (χ2n) is 7.79. The van der Waals surface area contributed by atoms with Gasteiger partial charge in [-0.05, 0) is 42.7 Å². The Morgan fingerprint density at radius 3 is 2.42 bits per heavy atom. The Bertz CT molecular complexity index is 1210. The van der Waals surface area contributed by atoms with Crippen molar-refractivity contribution in [2.45, 2.75) is 24.7 Å². The highest BCUT2D eigenvalue weighted by molar-refractivity contribution is 7.89. The largest absolute Gasteiger partial charge is 0.273 e. The van der Waals surface area contributed by atoms with Crippen molar-refractivity contribution in [1.82, 2.24) is 9.73 Å². The standard InChI is InChI=1S/C24H25N3O3S/c1-18-9-11-22(12-10-18)31(29,30)27-15-13-20(14-16-27)24(28)26-25-17-21-7-4-6-19-5-2-3-8-23(19)21/h2-12,17,20H,13-16H2,1H3,(H,26,28)/b25-17-. The lowest BCUT2D eigenvalue weighted by atomic mass is 9.98. The summed E-state index contributed by atoms with van der Waals surface area (Å²) in [6.45, 7) is 2.56. The SMILES string of the molecule is Cc1ccc(S(=O)(=O)N2CCC(C(=O)N/N=C\c3cccc4ccccc34)CC2)cc1. The number of rotatable bonds is 5. The number of piperidine rings is 1. The van der Waals surface area contributed by atoms with Crippen molar-refractivity contribution in [3.05, 3.63) is 77.9 Å². The Balaban J connectivity index is 1.35. The molecule has 0 unspecified atom stereocenters. The minimum absolute atomic E-state index is 0.177. The number of sulfonamides is 1. The van der Waals surface area contributed by atoms with Gasteiger partial charge in [0.05, 0.1) is 11.1 Å². The van der Waals surface area contributed by atoms with Crippen LogP contribution in [-0.2, 0) is 14.8 Å². The molecule has 1 N–H and O–H groups in total. The lowest BCUT2D eigenvalue weighted by Gasteiger charge is -2.30. The van der Waals surface area contributed by atoms with Gasteiger partial charge in [0.2, 0.25) is 15.9 Å². The number of carbonyl (C=O) groups is 1. The van der Waals surface area contributed by atoms with Gasteiger partial charge in [-0.2, -0.15) is 9.41 Å². The van der Waals surface area contributed by atoms with Crippen LogP contribution in [0.1, 0.15) is 24.0 Å². The summed E-state index contributed by atoms with van der Waals surface area (Å²) in [6, 6.07) is 20.8. The topological polar surface area (TPSA) is 78.8 Å². The van der Waals surface area contributed by atoms with Gasteiger partial charge in [0.25, 0.3) is 0 Å². The van der Waals surface area contributed by atoms with E-state index in [0.29, 0.717) is 30.8 Å². The highest BCUT2D eigenvalue weighted by Gasteiger charge is 2.32. The number of benzene rings is 3. The third-order valence-corrected chi connectivity index (χ3v) is 7.60. The van der Waals surface area contributed by atoms with Crippen LogP contribution in [0.4, 0.5) is 0 Å². The Labute approximate surface area is 182 Å². The maximum Gasteiger partial charge on any atom is 0.243 e. The first-order valence-electron chi connectivity index (χ1n) is 10.3. The third-order valence-electron chi connectivity index (χ3n) is 5.69. The van der Waals surface area contributed by atoms with Gasteiger partial charge in [0, 0.05) is 24.6 Å². The van der Waals surface area contributed by atoms with Gasteiger partial charge in [-0.25, -0.2) is 13.8 Å². The normalized spacial score (nSPS) is 16.0. The minimum atomic E-state index is -3.53. The number of carbonyl (C=O) groups excluding carboxylic acids is 1. The van der Waals surface area contributed by atoms with Gasteiger partial charge in [0.15, 0.2) is 0 Å². The molecule has 0 bridgehead atoms. The van der Waals surface area contributed by atoms with Crippen LogP contribution in [0.3, 0.4) is 0 Å². The van der Waals surface area contributed by atoms with Crippen molar-refractivity contribution in [1.29, 1.82) is 0 Å². The highest BCUT2D eigenvalue weighted by Crippen LogP contribution is 2.24. The number of hydrogen-bond donors (Lipinski definition) is 1. The molecule has 7 heteroatoms. The van der Waals surface area contributed by atoms with E-state index in [2.05, 4.69) is 10.5 Å². The molecular weight excluding hydrogens is 410 g/mol. The van der Waals surface area contributed by atoms with Gasteiger partial charge >= 0.3 is 0 Å². The molecule has 6 nitrogen and oxygen atoms in total. The maximum atomic E-state index is 12.8. The molecule has 1 aliphatic rings. The molecule has 1 saturated heterocycles. The van der Waals surface area contributed by atoms with E-state index in [1.165, 1.54) is 4.31 Å². The van der Waals surface area contributed by atoms with Gasteiger partial charge in [-0.1, -0.05) is 60.2 Å². The smallest absolute Gasteiger partial charge is 0.243 e. The molecule has 0 spiro atoms. The Hall–Kier alpha value is -3.03. The van der Waals surface area contributed by atoms with Gasteiger partial charge in [-0.15, -0.1) is 0 Å². The third kappa shape index (κ3) is 4.68. The molecule has 160 valence electrons. The molecule has 4 rings (SSSR count). The number of aryl methyl sites for hydroxylation is 1. The monoisotopic (exact) mass is 435 g/mol. The molecule has 0 atom stereocenters. The minimum Gasteiger partial charge on any atom is -0.273 e. The second-order valence-corrected chi connectivity index (χ2v) is 9.73. The average Bonchev–Trinajstić information content (AvgIpc) is 2.79. The molecule has 0 radical (unpaired) electrons. The van der Waals surface area contributed by atoms with E-state index in [1.807, 2.05) is 49.4 Å². The molecule has 0 saturated carbocycles. The molecule has 0 aliphatic carbocycles. The first kappa shape index (κ1) is 21.2. The number of amides is 1. The summed E-state index contributed by atoms with van der Waals surface area (Å²) in [7, 11) is -3.53. The van der Waals surface area contributed by atoms with Gasteiger partial charge in [0.1, 0.15) is 0 Å². The maximum absolute atomic E-state index is 12.8. The van der Waals surface area contributed by atoms with Crippen LogP contribution in [0, 0.1) is 12.8 Å². The summed E-state index contributed by atoms with van der Waals surface area (Å²) >= 11 is 0. The van der Waals surface area contributed by atoms with Crippen LogP contribution in [0.2, 0.25) is 0 Å². The lowest BCUT2D eigenvalue weighted by Crippen LogP contribution is -2.42. The van der Waals surface area contributed by atoms with E-state index in [-0.39, 0.29) is 11.8 Å². The van der Waals surface area contributed by atoms with E-state index in [0.717, 1.165) is 21.9 Å². The van der Waals surface area contributed by atoms with Crippen molar-refractivity contribution in [2.75, 3.05) is 13.1 Å². The number of fused-ring (bicyclic) bond motifs is 1. The van der Waals surface area contributed by atoms with E-state index >= 15 is 0 Å². The molecule has 1 heterocycles. The molecule has 1 amide bonds. The average molecular weight is 436 g/mol. The van der Waals surface area contributed by atoms with Gasteiger partial charge in [-0.3, -0.25) is 4.79 Å². The molecule has 1 aliphatic heterocycles. The Morgan fingerprint density at radius 1 is 1.00 bits per heavy atom. The molecule has 0 aromatic heterocycles. The van der Waals surface area contributed by atoms with Crippen molar-refractivity contribution >= 4 is 32.9 Å². The molecule has 3 aromatic rings. The lowest BCUT2D eigenvalue weighted by molar-refractivity contribution is -0.126. The summed E-state index contributed by atoms with van der Waals surface area (Å²) in [4.78, 5) is 12.8. The first-order valence-corrected chi connectivity index (χ1v) is 11.8. The van der Waals surface area contributed by atoms with E-state index in [4.69, 9.17) is 0 Å². The number of nitrogens with one attached hydrogen (secondary N) is 1. The van der Waals surface area contributed by atoms with Gasteiger partial charge < -0.3 is 0 Å². The van der Waals surface area contributed by atoms with Crippen LogP contribution < -0.4 is 5.43 Å².